The molecule has 0 aliphatic heterocycles. The summed E-state index contributed by atoms with van der Waals surface area (Å²) in [5, 5.41) is 0.850. The highest BCUT2D eigenvalue weighted by atomic mass is 79.9. The maximum atomic E-state index is 5.19. The number of anilines is 1. The van der Waals surface area contributed by atoms with Gasteiger partial charge in [-0.3, -0.25) is 0 Å². The minimum absolute atomic E-state index is 0.850. The summed E-state index contributed by atoms with van der Waals surface area (Å²) in [6.45, 7) is 0.862. The van der Waals surface area contributed by atoms with Crippen molar-refractivity contribution < 1.29 is 4.74 Å². The number of hydrogen-bond acceptors (Lipinski definition) is 2. The van der Waals surface area contributed by atoms with Gasteiger partial charge in [-0.25, -0.2) is 0 Å². The summed E-state index contributed by atoms with van der Waals surface area (Å²) in [7, 11) is 3.79. The fourth-order valence-electron chi connectivity index (χ4n) is 2.10. The lowest BCUT2D eigenvalue weighted by Gasteiger charge is -2.22. The predicted octanol–water partition coefficient (Wildman–Crippen LogP) is 4.99. The van der Waals surface area contributed by atoms with Crippen LogP contribution in [0.4, 0.5) is 5.69 Å². The average molecular weight is 399 g/mol. The first-order chi connectivity index (χ1) is 9.63. The molecular weight excluding hydrogens is 382 g/mol. The lowest BCUT2D eigenvalue weighted by atomic mass is 10.1. The molecule has 2 aromatic rings. The van der Waals surface area contributed by atoms with Gasteiger partial charge in [0, 0.05) is 29.1 Å². The van der Waals surface area contributed by atoms with Crippen LogP contribution in [0.5, 0.6) is 5.75 Å². The van der Waals surface area contributed by atoms with Crippen molar-refractivity contribution in [3.8, 4) is 5.75 Å². The van der Waals surface area contributed by atoms with E-state index in [2.05, 4.69) is 74.1 Å². The Balaban J connectivity index is 2.18. The topological polar surface area (TPSA) is 12.5 Å². The van der Waals surface area contributed by atoms with Gasteiger partial charge in [-0.2, -0.15) is 0 Å². The summed E-state index contributed by atoms with van der Waals surface area (Å²) in [6, 6.07) is 14.5. The summed E-state index contributed by atoms with van der Waals surface area (Å²) >= 11 is 7.09. The zero-order valence-corrected chi connectivity index (χ0v) is 14.7. The number of nitrogens with zero attached hydrogens (tertiary/aromatic N) is 1. The smallest absolute Gasteiger partial charge is 0.118 e. The SMILES string of the molecule is COc1ccc(CN(C)c2cc(Br)ccc2CBr)cc1. The Labute approximate surface area is 137 Å². The van der Waals surface area contributed by atoms with Gasteiger partial charge in [0.1, 0.15) is 5.75 Å². The number of methoxy groups -OCH3 is 1. The predicted molar refractivity (Wildman–Crippen MR) is 91.9 cm³/mol. The van der Waals surface area contributed by atoms with E-state index in [1.165, 1.54) is 16.8 Å². The van der Waals surface area contributed by atoms with Gasteiger partial charge < -0.3 is 9.64 Å². The Morgan fingerprint density at radius 1 is 1.10 bits per heavy atom. The first kappa shape index (κ1) is 15.4. The second-order valence-electron chi connectivity index (χ2n) is 4.61. The largest absolute Gasteiger partial charge is 0.497 e. The molecule has 20 heavy (non-hydrogen) atoms. The van der Waals surface area contributed by atoms with Crippen molar-refractivity contribution in [1.29, 1.82) is 0 Å². The molecular formula is C16H17Br2NO. The number of ether oxygens (including phenoxy) is 1. The zero-order valence-electron chi connectivity index (χ0n) is 11.6. The first-order valence-corrected chi connectivity index (χ1v) is 8.24. The van der Waals surface area contributed by atoms with Crippen LogP contribution in [0.15, 0.2) is 46.9 Å². The van der Waals surface area contributed by atoms with Crippen LogP contribution in [0.3, 0.4) is 0 Å². The van der Waals surface area contributed by atoms with Crippen molar-refractivity contribution in [3.05, 3.63) is 58.1 Å². The summed E-state index contributed by atoms with van der Waals surface area (Å²) in [5.41, 5.74) is 3.77. The number of rotatable bonds is 5. The molecule has 0 bridgehead atoms. The molecule has 0 spiro atoms. The average Bonchev–Trinajstić information content (AvgIpc) is 2.48. The van der Waals surface area contributed by atoms with E-state index in [-0.39, 0.29) is 0 Å². The normalized spacial score (nSPS) is 10.4. The molecule has 0 fully saturated rings. The molecule has 0 aliphatic rings. The van der Waals surface area contributed by atoms with Crippen LogP contribution >= 0.6 is 31.9 Å². The molecule has 4 heteroatoms. The maximum Gasteiger partial charge on any atom is 0.118 e. The third-order valence-electron chi connectivity index (χ3n) is 3.18. The van der Waals surface area contributed by atoms with Gasteiger partial charge in [-0.05, 0) is 35.4 Å². The fourth-order valence-corrected chi connectivity index (χ4v) is 2.92. The van der Waals surface area contributed by atoms with E-state index in [1.54, 1.807) is 7.11 Å². The van der Waals surface area contributed by atoms with Gasteiger partial charge >= 0.3 is 0 Å². The molecule has 2 rings (SSSR count). The Morgan fingerprint density at radius 3 is 2.40 bits per heavy atom. The lowest BCUT2D eigenvalue weighted by molar-refractivity contribution is 0.414. The highest BCUT2D eigenvalue weighted by Crippen LogP contribution is 2.27. The standard InChI is InChI=1S/C16H17Br2NO/c1-19(11-12-3-7-15(20-2)8-4-12)16-9-14(18)6-5-13(16)10-17/h3-9H,10-11H2,1-2H3. The summed E-state index contributed by atoms with van der Waals surface area (Å²) in [4.78, 5) is 2.25. The van der Waals surface area contributed by atoms with E-state index in [0.29, 0.717) is 0 Å². The molecule has 0 N–H and O–H groups in total. The van der Waals surface area contributed by atoms with Gasteiger partial charge in [-0.1, -0.05) is 50.1 Å². The van der Waals surface area contributed by atoms with Crippen LogP contribution in [0.2, 0.25) is 0 Å². The van der Waals surface area contributed by atoms with Crippen molar-refractivity contribution in [2.75, 3.05) is 19.1 Å². The Morgan fingerprint density at radius 2 is 1.80 bits per heavy atom. The molecule has 0 amide bonds. The van der Waals surface area contributed by atoms with Gasteiger partial charge in [0.2, 0.25) is 0 Å². The van der Waals surface area contributed by atoms with E-state index in [0.717, 1.165) is 22.1 Å². The summed E-state index contributed by atoms with van der Waals surface area (Å²) in [6.07, 6.45) is 0. The van der Waals surface area contributed by atoms with E-state index in [4.69, 9.17) is 4.74 Å². The van der Waals surface area contributed by atoms with Crippen LogP contribution in [-0.2, 0) is 11.9 Å². The number of hydrogen-bond donors (Lipinski definition) is 0. The minimum Gasteiger partial charge on any atom is -0.497 e. The third kappa shape index (κ3) is 3.76. The maximum absolute atomic E-state index is 5.19. The quantitative estimate of drug-likeness (QED) is 0.658. The van der Waals surface area contributed by atoms with E-state index >= 15 is 0 Å². The number of halogens is 2. The number of benzene rings is 2. The molecule has 0 saturated heterocycles. The van der Waals surface area contributed by atoms with Crippen molar-refractivity contribution in [1.82, 2.24) is 0 Å². The molecule has 0 unspecified atom stereocenters. The van der Waals surface area contributed by atoms with Crippen LogP contribution in [-0.4, -0.2) is 14.2 Å². The lowest BCUT2D eigenvalue weighted by Crippen LogP contribution is -2.17. The molecule has 106 valence electrons. The van der Waals surface area contributed by atoms with Crippen LogP contribution in [0.25, 0.3) is 0 Å². The van der Waals surface area contributed by atoms with Crippen LogP contribution in [0.1, 0.15) is 11.1 Å². The second-order valence-corrected chi connectivity index (χ2v) is 6.09. The van der Waals surface area contributed by atoms with Crippen LogP contribution < -0.4 is 9.64 Å². The molecule has 0 saturated carbocycles. The Kier molecular flexibility index (Phi) is 5.49. The highest BCUT2D eigenvalue weighted by molar-refractivity contribution is 9.10. The molecule has 0 radical (unpaired) electrons. The Hall–Kier alpha value is -1.00. The fraction of sp³-hybridized carbons (Fsp3) is 0.250. The van der Waals surface area contributed by atoms with Gasteiger partial charge in [0.05, 0.1) is 7.11 Å². The minimum atomic E-state index is 0.850. The van der Waals surface area contributed by atoms with E-state index in [9.17, 15) is 0 Å². The van der Waals surface area contributed by atoms with E-state index in [1.807, 2.05) is 12.1 Å². The summed E-state index contributed by atoms with van der Waals surface area (Å²) < 4.78 is 6.28. The van der Waals surface area contributed by atoms with Gasteiger partial charge in [0.25, 0.3) is 0 Å². The van der Waals surface area contributed by atoms with Crippen molar-refractivity contribution >= 4 is 37.5 Å². The van der Waals surface area contributed by atoms with Crippen LogP contribution in [0, 0.1) is 0 Å². The van der Waals surface area contributed by atoms with Crippen molar-refractivity contribution in [2.24, 2.45) is 0 Å². The second kappa shape index (κ2) is 7.14. The van der Waals surface area contributed by atoms with Gasteiger partial charge in [0.15, 0.2) is 0 Å². The first-order valence-electron chi connectivity index (χ1n) is 6.32. The molecule has 0 heterocycles. The molecule has 0 atom stereocenters. The highest BCUT2D eigenvalue weighted by Gasteiger charge is 2.08. The molecule has 0 aromatic heterocycles. The monoisotopic (exact) mass is 397 g/mol. The molecule has 2 aromatic carbocycles. The zero-order chi connectivity index (χ0) is 14.5. The molecule has 2 nitrogen and oxygen atoms in total. The van der Waals surface area contributed by atoms with E-state index < -0.39 is 0 Å². The summed E-state index contributed by atoms with van der Waals surface area (Å²) in [5.74, 6) is 0.889. The van der Waals surface area contributed by atoms with Crippen molar-refractivity contribution in [2.45, 2.75) is 11.9 Å². The third-order valence-corrected chi connectivity index (χ3v) is 4.28. The molecule has 0 aliphatic carbocycles. The van der Waals surface area contributed by atoms with Crippen molar-refractivity contribution in [3.63, 3.8) is 0 Å². The van der Waals surface area contributed by atoms with Gasteiger partial charge in [-0.15, -0.1) is 0 Å². The number of alkyl halides is 1. The Bertz CT molecular complexity index is 569.